The summed E-state index contributed by atoms with van der Waals surface area (Å²) < 4.78 is 5.50. The molecule has 1 aromatic rings. The third-order valence-electron chi connectivity index (χ3n) is 4.15. The van der Waals surface area contributed by atoms with Crippen molar-refractivity contribution in [3.05, 3.63) is 41.7 Å². The molecule has 1 aliphatic carbocycles. The molecule has 0 spiro atoms. The summed E-state index contributed by atoms with van der Waals surface area (Å²) in [6.07, 6.45) is 10.9. The molecule has 1 aromatic carbocycles. The molecule has 1 unspecified atom stereocenters. The molecule has 0 fully saturated rings. The monoisotopic (exact) mass is 413 g/mol. The van der Waals surface area contributed by atoms with Gasteiger partial charge in [0.2, 0.25) is 0 Å². The number of halogens is 1. The lowest BCUT2D eigenvalue weighted by Crippen LogP contribution is -2.26. The second kappa shape index (κ2) is 8.41. The van der Waals surface area contributed by atoms with E-state index in [2.05, 4.69) is 28.5 Å². The number of aliphatic imine (C=N–C) groups is 1. The standard InChI is InChI=1S/C17H23N3O.HI/c18-17(19-12-14-8-3-4-11-21-14)20-16-10-5-7-13-6-1-2-9-15(13)16;/h4-5,7,10-11,14H,1-3,6,8-9,12H2,(H3,18,19,20);1H. The Labute approximate surface area is 149 Å². The summed E-state index contributed by atoms with van der Waals surface area (Å²) in [5.74, 6) is 0.479. The number of hydrogen-bond donors (Lipinski definition) is 2. The Morgan fingerprint density at radius 1 is 1.32 bits per heavy atom. The van der Waals surface area contributed by atoms with Crippen molar-refractivity contribution in [1.82, 2.24) is 0 Å². The van der Waals surface area contributed by atoms with Gasteiger partial charge in [-0.25, -0.2) is 4.99 Å². The van der Waals surface area contributed by atoms with Crippen LogP contribution in [0.3, 0.4) is 0 Å². The normalized spacial score (nSPS) is 20.5. The van der Waals surface area contributed by atoms with Crippen LogP contribution in [0.15, 0.2) is 35.5 Å². The maximum atomic E-state index is 6.02. The molecule has 1 atom stereocenters. The fourth-order valence-electron chi connectivity index (χ4n) is 3.00. The van der Waals surface area contributed by atoms with Gasteiger partial charge in [-0.2, -0.15) is 0 Å². The predicted octanol–water partition coefficient (Wildman–Crippen LogP) is 3.60. The Balaban J connectivity index is 0.00000176. The minimum absolute atomic E-state index is 0. The summed E-state index contributed by atoms with van der Waals surface area (Å²) in [5.41, 5.74) is 9.98. The highest BCUT2D eigenvalue weighted by Crippen LogP contribution is 2.27. The maximum absolute atomic E-state index is 6.02. The van der Waals surface area contributed by atoms with Gasteiger partial charge in [0.1, 0.15) is 6.10 Å². The molecule has 3 rings (SSSR count). The zero-order valence-corrected chi connectivity index (χ0v) is 15.1. The average molecular weight is 413 g/mol. The minimum atomic E-state index is 0. The summed E-state index contributed by atoms with van der Waals surface area (Å²) in [6, 6.07) is 6.40. The average Bonchev–Trinajstić information content (AvgIpc) is 2.54. The number of ether oxygens (including phenoxy) is 1. The van der Waals surface area contributed by atoms with E-state index >= 15 is 0 Å². The molecule has 1 aliphatic heterocycles. The van der Waals surface area contributed by atoms with Crippen molar-refractivity contribution in [3.63, 3.8) is 0 Å². The summed E-state index contributed by atoms with van der Waals surface area (Å²) in [7, 11) is 0. The number of nitrogens with two attached hydrogens (primary N) is 1. The number of aryl methyl sites for hydroxylation is 1. The van der Waals surface area contributed by atoms with Gasteiger partial charge in [-0.15, -0.1) is 24.0 Å². The minimum Gasteiger partial charge on any atom is -0.496 e. The van der Waals surface area contributed by atoms with Crippen LogP contribution < -0.4 is 11.1 Å². The number of nitrogens with one attached hydrogen (secondary N) is 1. The van der Waals surface area contributed by atoms with E-state index in [4.69, 9.17) is 10.5 Å². The van der Waals surface area contributed by atoms with Crippen LogP contribution >= 0.6 is 24.0 Å². The van der Waals surface area contributed by atoms with E-state index in [0.29, 0.717) is 12.5 Å². The molecule has 0 radical (unpaired) electrons. The maximum Gasteiger partial charge on any atom is 0.193 e. The highest BCUT2D eigenvalue weighted by Gasteiger charge is 2.14. The molecule has 1 heterocycles. The van der Waals surface area contributed by atoms with Crippen molar-refractivity contribution in [2.24, 2.45) is 10.7 Å². The molecule has 22 heavy (non-hydrogen) atoms. The summed E-state index contributed by atoms with van der Waals surface area (Å²) in [6.45, 7) is 0.609. The van der Waals surface area contributed by atoms with Crippen LogP contribution in [0.25, 0.3) is 0 Å². The molecule has 120 valence electrons. The van der Waals surface area contributed by atoms with Gasteiger partial charge >= 0.3 is 0 Å². The fourth-order valence-corrected chi connectivity index (χ4v) is 3.00. The number of anilines is 1. The van der Waals surface area contributed by atoms with E-state index in [1.54, 1.807) is 6.26 Å². The summed E-state index contributed by atoms with van der Waals surface area (Å²) in [5, 5.41) is 3.26. The summed E-state index contributed by atoms with van der Waals surface area (Å²) >= 11 is 0. The molecule has 0 bridgehead atoms. The second-order valence-corrected chi connectivity index (χ2v) is 5.71. The van der Waals surface area contributed by atoms with Crippen LogP contribution in [-0.2, 0) is 17.6 Å². The van der Waals surface area contributed by atoms with Crippen molar-refractivity contribution in [3.8, 4) is 0 Å². The van der Waals surface area contributed by atoms with Gasteiger partial charge in [-0.3, -0.25) is 0 Å². The van der Waals surface area contributed by atoms with Gasteiger partial charge in [0.05, 0.1) is 12.8 Å². The Hall–Kier alpha value is -1.24. The fraction of sp³-hybridized carbons (Fsp3) is 0.471. The number of benzene rings is 1. The largest absolute Gasteiger partial charge is 0.496 e. The van der Waals surface area contributed by atoms with Gasteiger partial charge in [0.15, 0.2) is 5.96 Å². The lowest BCUT2D eigenvalue weighted by atomic mass is 9.90. The van der Waals surface area contributed by atoms with E-state index in [-0.39, 0.29) is 30.1 Å². The molecular formula is C17H24IN3O. The molecule has 0 saturated carbocycles. The van der Waals surface area contributed by atoms with E-state index in [0.717, 1.165) is 24.9 Å². The number of allylic oxidation sites excluding steroid dienone is 1. The molecule has 2 aliphatic rings. The molecule has 5 heteroatoms. The van der Waals surface area contributed by atoms with Crippen molar-refractivity contribution in [2.75, 3.05) is 11.9 Å². The Bertz CT molecular complexity index is 557. The number of guanidine groups is 1. The van der Waals surface area contributed by atoms with Crippen molar-refractivity contribution >= 4 is 35.6 Å². The zero-order chi connectivity index (χ0) is 14.5. The molecule has 4 nitrogen and oxygen atoms in total. The Morgan fingerprint density at radius 2 is 2.18 bits per heavy atom. The molecule has 0 amide bonds. The first-order valence-electron chi connectivity index (χ1n) is 7.81. The first-order valence-corrected chi connectivity index (χ1v) is 7.81. The highest BCUT2D eigenvalue weighted by molar-refractivity contribution is 14.0. The van der Waals surface area contributed by atoms with Crippen LogP contribution in [0, 0.1) is 0 Å². The van der Waals surface area contributed by atoms with Crippen LogP contribution in [0.1, 0.15) is 36.8 Å². The quantitative estimate of drug-likeness (QED) is 0.452. The number of nitrogens with zero attached hydrogens (tertiary/aromatic N) is 1. The van der Waals surface area contributed by atoms with Crippen molar-refractivity contribution in [2.45, 2.75) is 44.6 Å². The first kappa shape index (κ1) is 17.1. The van der Waals surface area contributed by atoms with E-state index < -0.39 is 0 Å². The van der Waals surface area contributed by atoms with Crippen LogP contribution in [0.5, 0.6) is 0 Å². The predicted molar refractivity (Wildman–Crippen MR) is 102 cm³/mol. The van der Waals surface area contributed by atoms with Crippen LogP contribution in [-0.4, -0.2) is 18.6 Å². The van der Waals surface area contributed by atoms with Gasteiger partial charge in [0, 0.05) is 5.69 Å². The van der Waals surface area contributed by atoms with Gasteiger partial charge in [-0.05, 0) is 61.8 Å². The molecular weight excluding hydrogens is 389 g/mol. The first-order chi connectivity index (χ1) is 10.3. The number of rotatable bonds is 3. The molecule has 0 saturated heterocycles. The van der Waals surface area contributed by atoms with E-state index in [1.165, 1.54) is 30.4 Å². The Morgan fingerprint density at radius 3 is 3.00 bits per heavy atom. The topological polar surface area (TPSA) is 59.6 Å². The SMILES string of the molecule is I.NC(=NCC1CCC=CO1)Nc1cccc2c1CCCC2. The smallest absolute Gasteiger partial charge is 0.193 e. The number of hydrogen-bond acceptors (Lipinski definition) is 2. The van der Waals surface area contributed by atoms with E-state index in [9.17, 15) is 0 Å². The van der Waals surface area contributed by atoms with Gasteiger partial charge in [0.25, 0.3) is 0 Å². The Kier molecular flexibility index (Phi) is 6.54. The molecule has 0 aromatic heterocycles. The van der Waals surface area contributed by atoms with Crippen LogP contribution in [0.2, 0.25) is 0 Å². The zero-order valence-electron chi connectivity index (χ0n) is 12.8. The van der Waals surface area contributed by atoms with Gasteiger partial charge in [-0.1, -0.05) is 12.1 Å². The van der Waals surface area contributed by atoms with Crippen LogP contribution in [0.4, 0.5) is 5.69 Å². The van der Waals surface area contributed by atoms with Gasteiger partial charge < -0.3 is 15.8 Å². The van der Waals surface area contributed by atoms with E-state index in [1.807, 2.05) is 6.08 Å². The third kappa shape index (κ3) is 4.38. The number of fused-ring (bicyclic) bond motifs is 1. The van der Waals surface area contributed by atoms with Crippen molar-refractivity contribution < 1.29 is 4.74 Å². The lowest BCUT2D eigenvalue weighted by molar-refractivity contribution is 0.131. The lowest BCUT2D eigenvalue weighted by Gasteiger charge is -2.20. The second-order valence-electron chi connectivity index (χ2n) is 5.71. The highest BCUT2D eigenvalue weighted by atomic mass is 127. The summed E-state index contributed by atoms with van der Waals surface area (Å²) in [4.78, 5) is 4.42. The molecule has 3 N–H and O–H groups in total. The van der Waals surface area contributed by atoms with Crippen molar-refractivity contribution in [1.29, 1.82) is 0 Å². The third-order valence-corrected chi connectivity index (χ3v) is 4.15.